The number of Topliss-reactive ketones (excluding diaryl/α,β-unsaturated/α-hetero) is 1. The number of hydrogen-bond donors (Lipinski definition) is 0. The van der Waals surface area contributed by atoms with Crippen LogP contribution in [0.3, 0.4) is 0 Å². The zero-order chi connectivity index (χ0) is 39.0. The molecule has 57 heavy (non-hydrogen) atoms. The number of hydrogen-bond acceptors (Lipinski definition) is 3. The molecule has 2 aromatic heterocycles. The van der Waals surface area contributed by atoms with Gasteiger partial charge in [0.2, 0.25) is 0 Å². The van der Waals surface area contributed by atoms with E-state index in [1.54, 1.807) is 6.92 Å². The fourth-order valence-corrected chi connectivity index (χ4v) is 8.53. The van der Waals surface area contributed by atoms with Gasteiger partial charge in [0.1, 0.15) is 5.78 Å². The predicted octanol–water partition coefficient (Wildman–Crippen LogP) is 13.8. The molecule has 3 nitrogen and oxygen atoms in total. The van der Waals surface area contributed by atoms with Crippen LogP contribution in [-0.4, -0.2) is 15.8 Å². The predicted molar refractivity (Wildman–Crippen MR) is 235 cm³/mol. The van der Waals surface area contributed by atoms with Crippen LogP contribution in [0.1, 0.15) is 76.6 Å². The summed E-state index contributed by atoms with van der Waals surface area (Å²) in [7, 11) is 0. The molecule has 0 N–H and O–H groups in total. The molecule has 0 saturated carbocycles. The Bertz CT molecular complexity index is 2580. The molecular weight excluding hydrogens is 873 g/mol. The molecule has 10 rings (SSSR count). The Morgan fingerprint density at radius 2 is 0.860 bits per heavy atom. The number of benzene rings is 6. The minimum absolute atomic E-state index is 0. The zero-order valence-electron chi connectivity index (χ0n) is 33.6. The number of carbonyl (C=O) groups is 1. The van der Waals surface area contributed by atoms with E-state index in [2.05, 4.69) is 173 Å². The Morgan fingerprint density at radius 3 is 1.26 bits per heavy atom. The third kappa shape index (κ3) is 7.53. The summed E-state index contributed by atoms with van der Waals surface area (Å²) in [5.41, 5.74) is 17.6. The first-order valence-corrected chi connectivity index (χ1v) is 19.8. The number of nitrogens with zero attached hydrogens (tertiary/aromatic N) is 2. The van der Waals surface area contributed by atoms with Crippen LogP contribution in [0.2, 0.25) is 0 Å². The second-order valence-corrected chi connectivity index (χ2v) is 16.1. The van der Waals surface area contributed by atoms with Crippen LogP contribution < -0.4 is 0 Å². The molecule has 0 unspecified atom stereocenters. The van der Waals surface area contributed by atoms with E-state index >= 15 is 0 Å². The van der Waals surface area contributed by atoms with Gasteiger partial charge in [0.25, 0.3) is 0 Å². The van der Waals surface area contributed by atoms with Crippen molar-refractivity contribution in [2.75, 3.05) is 0 Å². The van der Waals surface area contributed by atoms with E-state index in [1.807, 2.05) is 19.1 Å². The van der Waals surface area contributed by atoms with Crippen LogP contribution in [0.5, 0.6) is 0 Å². The first kappa shape index (κ1) is 39.7. The number of fused-ring (bicyclic) bond motifs is 8. The van der Waals surface area contributed by atoms with Crippen LogP contribution in [0.25, 0.3) is 66.6 Å². The fourth-order valence-electron chi connectivity index (χ4n) is 8.53. The van der Waals surface area contributed by atoms with Crippen molar-refractivity contribution in [1.29, 1.82) is 0 Å². The maximum atomic E-state index is 10.0. The van der Waals surface area contributed by atoms with E-state index < -0.39 is 0 Å². The Hall–Kier alpha value is -5.54. The van der Waals surface area contributed by atoms with Crippen molar-refractivity contribution in [3.63, 3.8) is 0 Å². The van der Waals surface area contributed by atoms with Crippen molar-refractivity contribution < 1.29 is 24.9 Å². The number of aromatic nitrogens is 2. The largest absolute Gasteiger partial charge is 0.300 e. The Labute approximate surface area is 350 Å². The monoisotopic (exact) mass is 921 g/mol. The topological polar surface area (TPSA) is 42.9 Å². The summed E-state index contributed by atoms with van der Waals surface area (Å²) in [5, 5.41) is 2.36. The van der Waals surface area contributed by atoms with Crippen LogP contribution in [-0.2, 0) is 35.7 Å². The van der Waals surface area contributed by atoms with Gasteiger partial charge in [-0.15, -0.1) is 0 Å². The smallest absolute Gasteiger partial charge is 0.129 e. The summed E-state index contributed by atoms with van der Waals surface area (Å²) in [6.07, 6.45) is 1.72. The number of rotatable bonds is 4. The fraction of sp³-hybridized carbons (Fsp3) is 0.189. The maximum absolute atomic E-state index is 10.0. The average Bonchev–Trinajstić information content (AvgIpc) is 3.60. The molecule has 0 atom stereocenters. The van der Waals surface area contributed by atoms with Crippen molar-refractivity contribution in [2.24, 2.45) is 0 Å². The van der Waals surface area contributed by atoms with Gasteiger partial charge in [-0.2, -0.15) is 0 Å². The van der Waals surface area contributed by atoms with E-state index in [9.17, 15) is 4.79 Å². The molecule has 2 aliphatic carbocycles. The van der Waals surface area contributed by atoms with Crippen LogP contribution >= 0.6 is 0 Å². The van der Waals surface area contributed by atoms with Gasteiger partial charge in [-0.3, -0.25) is 0 Å². The molecule has 2 aliphatic rings. The molecule has 0 spiro atoms. The first-order valence-electron chi connectivity index (χ1n) is 19.8. The average molecular weight is 921 g/mol. The van der Waals surface area contributed by atoms with Gasteiger partial charge >= 0.3 is 0 Å². The molecule has 0 aliphatic heterocycles. The number of carbonyl (C=O) groups excluding carboxylic acids is 1. The van der Waals surface area contributed by atoms with Crippen LogP contribution in [0, 0.1) is 0 Å². The molecular formula is C53H48IrN2O. The van der Waals surface area contributed by atoms with Crippen molar-refractivity contribution in [3.8, 4) is 44.8 Å². The van der Waals surface area contributed by atoms with Crippen molar-refractivity contribution in [2.45, 2.75) is 65.2 Å². The summed E-state index contributed by atoms with van der Waals surface area (Å²) < 4.78 is 0. The Kier molecular flexibility index (Phi) is 11.2. The van der Waals surface area contributed by atoms with E-state index in [0.29, 0.717) is 0 Å². The Morgan fingerprint density at radius 1 is 0.474 bits per heavy atom. The van der Waals surface area contributed by atoms with Gasteiger partial charge in [0.15, 0.2) is 0 Å². The second-order valence-electron chi connectivity index (χ2n) is 16.1. The maximum Gasteiger partial charge on any atom is 0.129 e. The van der Waals surface area contributed by atoms with Crippen molar-refractivity contribution >= 4 is 27.6 Å². The molecule has 0 amide bonds. The van der Waals surface area contributed by atoms with Crippen molar-refractivity contribution in [1.82, 2.24) is 9.97 Å². The number of para-hydroxylation sites is 2. The van der Waals surface area contributed by atoms with E-state index in [1.165, 1.54) is 66.4 Å². The normalized spacial score (nSPS) is 13.4. The second kappa shape index (κ2) is 16.1. The Balaban J connectivity index is 0.000000150. The quantitative estimate of drug-likeness (QED) is 0.177. The molecule has 0 bridgehead atoms. The number of pyridine rings is 2. The molecule has 285 valence electrons. The summed E-state index contributed by atoms with van der Waals surface area (Å²) >= 11 is 0. The van der Waals surface area contributed by atoms with Gasteiger partial charge in [-0.05, 0) is 94.3 Å². The molecule has 2 heterocycles. The van der Waals surface area contributed by atoms with E-state index in [4.69, 9.17) is 9.97 Å². The summed E-state index contributed by atoms with van der Waals surface area (Å²) in [6.45, 7) is 12.9. The van der Waals surface area contributed by atoms with Gasteiger partial charge < -0.3 is 4.79 Å². The summed E-state index contributed by atoms with van der Waals surface area (Å²) in [4.78, 5) is 19.8. The molecule has 4 heteroatoms. The molecule has 1 radical (unpaired) electrons. The molecule has 0 saturated heterocycles. The standard InChI is InChI=1S/2C24H19N.C5H10O.Ir/c2*1-24(2)20-9-5-4-8-18(20)19-13-11-17(15-21(19)24)23-14-12-16-7-3-6-10-22(16)25-23;1-3-4-5(2)6;/h2*3-15H,1-2H3;3-4H2,1-2H3;. The zero-order valence-corrected chi connectivity index (χ0v) is 36.0. The SMILES string of the molecule is CC1(C)c2ccccc2-c2ccc(-c3ccc4ccccc4n3)cc21.CC1(C)c2ccccc2-c2ccc(-c3ccc4ccccc4n3)cc21.CCCC(C)=O.[Ir]. The van der Waals surface area contributed by atoms with E-state index in [-0.39, 0.29) is 36.7 Å². The summed E-state index contributed by atoms with van der Waals surface area (Å²) in [5.74, 6) is 0.289. The summed E-state index contributed by atoms with van der Waals surface area (Å²) in [6, 6.07) is 56.2. The van der Waals surface area contributed by atoms with Gasteiger partial charge in [-0.25, -0.2) is 9.97 Å². The number of ketones is 1. The van der Waals surface area contributed by atoms with Gasteiger partial charge in [0, 0.05) is 59.3 Å². The third-order valence-electron chi connectivity index (χ3n) is 11.6. The van der Waals surface area contributed by atoms with Crippen molar-refractivity contribution in [3.05, 3.63) is 180 Å². The van der Waals surface area contributed by atoms with Gasteiger partial charge in [-0.1, -0.05) is 156 Å². The minimum atomic E-state index is 0. The van der Waals surface area contributed by atoms with Crippen LogP contribution in [0.4, 0.5) is 0 Å². The van der Waals surface area contributed by atoms with E-state index in [0.717, 1.165) is 35.3 Å². The minimum Gasteiger partial charge on any atom is -0.300 e. The van der Waals surface area contributed by atoms with Crippen LogP contribution in [0.15, 0.2) is 158 Å². The first-order chi connectivity index (χ1) is 27.1. The molecule has 0 fully saturated rings. The molecule has 8 aromatic rings. The molecule has 6 aromatic carbocycles. The van der Waals surface area contributed by atoms with Gasteiger partial charge in [0.05, 0.1) is 22.4 Å². The third-order valence-corrected chi connectivity index (χ3v) is 11.6.